The Morgan fingerprint density at radius 3 is 2.65 bits per heavy atom. The van der Waals surface area contributed by atoms with E-state index in [1.165, 1.54) is 18.2 Å². The Morgan fingerprint density at radius 2 is 1.94 bits per heavy atom. The van der Waals surface area contributed by atoms with Crippen molar-refractivity contribution in [1.29, 1.82) is 0 Å². The molecular formula is C21H21N3O7. The fraction of sp³-hybridized carbons (Fsp3) is 0.238. The van der Waals surface area contributed by atoms with Gasteiger partial charge in [0.2, 0.25) is 0 Å². The molecule has 2 atom stereocenters. The monoisotopic (exact) mass is 427 g/mol. The summed E-state index contributed by atoms with van der Waals surface area (Å²) < 4.78 is 5.06. The van der Waals surface area contributed by atoms with Crippen molar-refractivity contribution >= 4 is 22.7 Å². The van der Waals surface area contributed by atoms with Crippen LogP contribution in [0.1, 0.15) is 23.7 Å². The van der Waals surface area contributed by atoms with Crippen LogP contribution in [-0.4, -0.2) is 38.9 Å². The summed E-state index contributed by atoms with van der Waals surface area (Å²) in [5, 5.41) is 34.1. The number of carbonyl (C=O) groups is 1. The van der Waals surface area contributed by atoms with Crippen LogP contribution < -0.4 is 10.7 Å². The summed E-state index contributed by atoms with van der Waals surface area (Å²) >= 11 is 0. The van der Waals surface area contributed by atoms with Crippen LogP contribution in [-0.2, 0) is 11.3 Å². The van der Waals surface area contributed by atoms with Gasteiger partial charge in [-0.15, -0.1) is 0 Å². The number of nitrogens with one attached hydrogen (secondary N) is 2. The number of pyridine rings is 1. The second kappa shape index (κ2) is 9.83. The van der Waals surface area contributed by atoms with Gasteiger partial charge in [-0.1, -0.05) is 36.4 Å². The molecule has 0 bridgehead atoms. The lowest BCUT2D eigenvalue weighted by Crippen LogP contribution is -2.29. The van der Waals surface area contributed by atoms with Gasteiger partial charge in [-0.05, 0) is 29.7 Å². The van der Waals surface area contributed by atoms with E-state index < -0.39 is 34.3 Å². The number of aromatic nitrogens is 1. The van der Waals surface area contributed by atoms with Crippen LogP contribution in [0.15, 0.2) is 59.5 Å². The first-order chi connectivity index (χ1) is 14.9. The number of hydrogen-bond donors (Lipinski definition) is 4. The molecule has 3 aromatic rings. The average Bonchev–Trinajstić information content (AvgIpc) is 2.77. The molecule has 0 saturated heterocycles. The standard InChI is InChI=1S/C21H21N3O7/c25-18(8-9-22-21(28)31-12-13-4-2-1-3-5-13)19(26)14-6-7-16-15(10-14)20(27)17(11-23-16)24(29)30/h1-7,10-11,18-19,25-26H,8-9,12H2,(H,22,28)(H,23,27). The largest absolute Gasteiger partial charge is 0.445 e. The third-order valence-corrected chi connectivity index (χ3v) is 4.71. The first-order valence-corrected chi connectivity index (χ1v) is 9.47. The third-order valence-electron chi connectivity index (χ3n) is 4.71. The molecule has 1 amide bonds. The molecule has 2 unspecified atom stereocenters. The highest BCUT2D eigenvalue weighted by molar-refractivity contribution is 5.81. The number of carbonyl (C=O) groups excluding carboxylic acids is 1. The number of benzene rings is 2. The summed E-state index contributed by atoms with van der Waals surface area (Å²) in [5.41, 5.74) is 0.0178. The van der Waals surface area contributed by atoms with Crippen molar-refractivity contribution in [3.63, 3.8) is 0 Å². The molecule has 2 aromatic carbocycles. The molecule has 1 heterocycles. The fourth-order valence-corrected chi connectivity index (χ4v) is 3.02. The topological polar surface area (TPSA) is 155 Å². The van der Waals surface area contributed by atoms with Crippen LogP contribution >= 0.6 is 0 Å². The lowest BCUT2D eigenvalue weighted by atomic mass is 10.00. The number of aliphatic hydroxyl groups is 2. The zero-order valence-corrected chi connectivity index (χ0v) is 16.4. The van der Waals surface area contributed by atoms with Crippen molar-refractivity contribution in [3.8, 4) is 0 Å². The van der Waals surface area contributed by atoms with E-state index in [0.717, 1.165) is 11.8 Å². The molecular weight excluding hydrogens is 406 g/mol. The number of amides is 1. The SMILES string of the molecule is O=C(NCCC(O)C(O)c1ccc2[nH]cc([N+](=O)[O-])c(=O)c2c1)OCc1ccccc1. The van der Waals surface area contributed by atoms with Crippen LogP contribution in [0, 0.1) is 10.1 Å². The number of aromatic amines is 1. The lowest BCUT2D eigenvalue weighted by Gasteiger charge is -2.18. The maximum atomic E-state index is 12.3. The molecule has 10 heteroatoms. The van der Waals surface area contributed by atoms with E-state index in [1.807, 2.05) is 30.3 Å². The lowest BCUT2D eigenvalue weighted by molar-refractivity contribution is -0.386. The van der Waals surface area contributed by atoms with Gasteiger partial charge >= 0.3 is 11.8 Å². The van der Waals surface area contributed by atoms with Crippen LogP contribution in [0.3, 0.4) is 0 Å². The maximum Gasteiger partial charge on any atom is 0.407 e. The highest BCUT2D eigenvalue weighted by atomic mass is 16.6. The molecule has 10 nitrogen and oxygen atoms in total. The van der Waals surface area contributed by atoms with Crippen LogP contribution in [0.25, 0.3) is 10.9 Å². The smallest absolute Gasteiger partial charge is 0.407 e. The van der Waals surface area contributed by atoms with Crippen molar-refractivity contribution in [2.24, 2.45) is 0 Å². The Kier molecular flexibility index (Phi) is 6.96. The molecule has 162 valence electrons. The van der Waals surface area contributed by atoms with Crippen molar-refractivity contribution in [2.75, 3.05) is 6.54 Å². The fourth-order valence-electron chi connectivity index (χ4n) is 3.02. The predicted molar refractivity (Wildman–Crippen MR) is 111 cm³/mol. The van der Waals surface area contributed by atoms with E-state index >= 15 is 0 Å². The number of aliphatic hydroxyl groups excluding tert-OH is 2. The first-order valence-electron chi connectivity index (χ1n) is 9.47. The molecule has 1 aromatic heterocycles. The molecule has 0 aliphatic rings. The molecule has 0 aliphatic carbocycles. The first kappa shape index (κ1) is 21.9. The van der Waals surface area contributed by atoms with Gasteiger partial charge in [0, 0.05) is 12.1 Å². The Balaban J connectivity index is 1.57. The van der Waals surface area contributed by atoms with Gasteiger partial charge in [-0.2, -0.15) is 0 Å². The number of nitrogens with zero attached hydrogens (tertiary/aromatic N) is 1. The molecule has 4 N–H and O–H groups in total. The van der Waals surface area contributed by atoms with Gasteiger partial charge in [-0.25, -0.2) is 4.79 Å². The second-order valence-electron chi connectivity index (χ2n) is 6.85. The second-order valence-corrected chi connectivity index (χ2v) is 6.85. The summed E-state index contributed by atoms with van der Waals surface area (Å²) in [6, 6.07) is 13.4. The van der Waals surface area contributed by atoms with E-state index in [2.05, 4.69) is 10.3 Å². The Labute approximate surface area is 176 Å². The highest BCUT2D eigenvalue weighted by Crippen LogP contribution is 2.22. The van der Waals surface area contributed by atoms with Crippen LogP contribution in [0.5, 0.6) is 0 Å². The molecule has 0 radical (unpaired) electrons. The Hall–Kier alpha value is -3.76. The van der Waals surface area contributed by atoms with Crippen molar-refractivity contribution in [1.82, 2.24) is 10.3 Å². The van der Waals surface area contributed by atoms with E-state index in [1.54, 1.807) is 0 Å². The number of alkyl carbamates (subject to hydrolysis) is 1. The Bertz CT molecular complexity index is 1130. The molecule has 0 saturated carbocycles. The quantitative estimate of drug-likeness (QED) is 0.317. The Morgan fingerprint density at radius 1 is 1.19 bits per heavy atom. The zero-order chi connectivity index (χ0) is 22.4. The summed E-state index contributed by atoms with van der Waals surface area (Å²) in [5.74, 6) is 0. The minimum atomic E-state index is -1.36. The number of ether oxygens (including phenoxy) is 1. The highest BCUT2D eigenvalue weighted by Gasteiger charge is 2.21. The van der Waals surface area contributed by atoms with E-state index in [9.17, 15) is 29.9 Å². The summed E-state index contributed by atoms with van der Waals surface area (Å²) in [6.45, 7) is 0.154. The van der Waals surface area contributed by atoms with Crippen LogP contribution in [0.2, 0.25) is 0 Å². The third kappa shape index (κ3) is 5.44. The van der Waals surface area contributed by atoms with Gasteiger partial charge in [0.15, 0.2) is 0 Å². The van der Waals surface area contributed by atoms with Gasteiger partial charge in [0.05, 0.1) is 22.6 Å². The van der Waals surface area contributed by atoms with Crippen molar-refractivity contribution in [2.45, 2.75) is 25.2 Å². The van der Waals surface area contributed by atoms with E-state index in [4.69, 9.17) is 4.74 Å². The minimum absolute atomic E-state index is 0.0188. The summed E-state index contributed by atoms with van der Waals surface area (Å²) in [4.78, 5) is 36.8. The number of fused-ring (bicyclic) bond motifs is 1. The number of nitro groups is 1. The average molecular weight is 427 g/mol. The number of H-pyrrole nitrogens is 1. The van der Waals surface area contributed by atoms with Gasteiger partial charge in [-0.3, -0.25) is 14.9 Å². The normalized spacial score (nSPS) is 12.8. The predicted octanol–water partition coefficient (Wildman–Crippen LogP) is 2.15. The maximum absolute atomic E-state index is 12.3. The molecule has 3 rings (SSSR count). The zero-order valence-electron chi connectivity index (χ0n) is 16.4. The van der Waals surface area contributed by atoms with Crippen molar-refractivity contribution in [3.05, 3.63) is 86.2 Å². The van der Waals surface area contributed by atoms with Gasteiger partial charge in [0.25, 0.3) is 5.43 Å². The molecule has 0 aliphatic heterocycles. The number of hydrogen-bond acceptors (Lipinski definition) is 7. The molecule has 0 fully saturated rings. The van der Waals surface area contributed by atoms with Crippen molar-refractivity contribution < 1.29 is 24.7 Å². The molecule has 31 heavy (non-hydrogen) atoms. The van der Waals surface area contributed by atoms with Gasteiger partial charge < -0.3 is 25.3 Å². The van der Waals surface area contributed by atoms with Crippen LogP contribution in [0.4, 0.5) is 10.5 Å². The number of rotatable bonds is 8. The van der Waals surface area contributed by atoms with Gasteiger partial charge in [0.1, 0.15) is 12.7 Å². The molecule has 0 spiro atoms. The summed E-state index contributed by atoms with van der Waals surface area (Å²) in [7, 11) is 0. The van der Waals surface area contributed by atoms with E-state index in [-0.39, 0.29) is 30.5 Å². The minimum Gasteiger partial charge on any atom is -0.445 e. The van der Waals surface area contributed by atoms with E-state index in [0.29, 0.717) is 5.52 Å². The summed E-state index contributed by atoms with van der Waals surface area (Å²) in [6.07, 6.45) is -2.23.